The third-order valence-electron chi connectivity index (χ3n) is 5.17. The Labute approximate surface area is 179 Å². The Bertz CT molecular complexity index is 1090. The van der Waals surface area contributed by atoms with E-state index in [-0.39, 0.29) is 18.1 Å². The van der Waals surface area contributed by atoms with Crippen molar-refractivity contribution in [1.82, 2.24) is 9.47 Å². The van der Waals surface area contributed by atoms with Crippen molar-refractivity contribution in [2.45, 2.75) is 13.1 Å². The van der Waals surface area contributed by atoms with Crippen LogP contribution < -0.4 is 15.8 Å². The third kappa shape index (κ3) is 3.59. The number of carbonyl (C=O) groups is 2. The van der Waals surface area contributed by atoms with Crippen LogP contribution in [0.2, 0.25) is 5.02 Å². The van der Waals surface area contributed by atoms with Gasteiger partial charge in [0.1, 0.15) is 5.75 Å². The number of methoxy groups -OCH3 is 1. The van der Waals surface area contributed by atoms with Gasteiger partial charge in [0.25, 0.3) is 5.91 Å². The molecular formula is C22H21ClN4O3. The topological polar surface area (TPSA) is 89.6 Å². The van der Waals surface area contributed by atoms with Crippen molar-refractivity contribution in [3.8, 4) is 17.0 Å². The first-order chi connectivity index (χ1) is 14.5. The summed E-state index contributed by atoms with van der Waals surface area (Å²) < 4.78 is 7.11. The molecule has 1 aliphatic rings. The molecule has 2 aromatic carbocycles. The van der Waals surface area contributed by atoms with Crippen molar-refractivity contribution in [3.05, 3.63) is 70.9 Å². The van der Waals surface area contributed by atoms with Crippen LogP contribution in [-0.4, -0.2) is 35.1 Å². The number of carbonyl (C=O) groups excluding carboxylic acids is 2. The van der Waals surface area contributed by atoms with Gasteiger partial charge in [-0.2, -0.15) is 0 Å². The third-order valence-corrected chi connectivity index (χ3v) is 5.54. The summed E-state index contributed by atoms with van der Waals surface area (Å²) in [5, 5.41) is 3.19. The second-order valence-corrected chi connectivity index (χ2v) is 7.32. The molecule has 0 aliphatic carbocycles. The smallest absolute Gasteiger partial charge is 0.322 e. The van der Waals surface area contributed by atoms with Crippen LogP contribution in [0, 0.1) is 0 Å². The van der Waals surface area contributed by atoms with E-state index in [0.29, 0.717) is 35.2 Å². The van der Waals surface area contributed by atoms with Crippen LogP contribution in [0.25, 0.3) is 11.3 Å². The van der Waals surface area contributed by atoms with Crippen LogP contribution >= 0.6 is 11.6 Å². The molecule has 0 bridgehead atoms. The highest BCUT2D eigenvalue weighted by Gasteiger charge is 2.31. The Hall–Kier alpha value is -3.45. The van der Waals surface area contributed by atoms with E-state index in [9.17, 15) is 9.59 Å². The fraction of sp³-hybridized carbons (Fsp3) is 0.182. The van der Waals surface area contributed by atoms with Gasteiger partial charge in [-0.1, -0.05) is 41.9 Å². The second-order valence-electron chi connectivity index (χ2n) is 6.95. The second kappa shape index (κ2) is 8.12. The Kier molecular flexibility index (Phi) is 5.37. The van der Waals surface area contributed by atoms with E-state index in [1.165, 1.54) is 0 Å². The summed E-state index contributed by atoms with van der Waals surface area (Å²) in [7, 11) is 1.58. The van der Waals surface area contributed by atoms with Gasteiger partial charge in [-0.05, 0) is 29.8 Å². The maximum Gasteiger partial charge on any atom is 0.322 e. The van der Waals surface area contributed by atoms with Gasteiger partial charge in [-0.15, -0.1) is 0 Å². The molecular weight excluding hydrogens is 404 g/mol. The molecule has 3 amide bonds. The van der Waals surface area contributed by atoms with Crippen molar-refractivity contribution < 1.29 is 14.3 Å². The van der Waals surface area contributed by atoms with Gasteiger partial charge < -0.3 is 25.3 Å². The van der Waals surface area contributed by atoms with Crippen molar-refractivity contribution in [1.29, 1.82) is 0 Å². The first-order valence-corrected chi connectivity index (χ1v) is 9.83. The summed E-state index contributed by atoms with van der Waals surface area (Å²) in [6.07, 6.45) is 0. The Morgan fingerprint density at radius 3 is 2.40 bits per heavy atom. The Balaban J connectivity index is 1.63. The normalized spacial score (nSPS) is 12.9. The Morgan fingerprint density at radius 1 is 1.07 bits per heavy atom. The number of benzene rings is 2. The van der Waals surface area contributed by atoms with E-state index in [1.54, 1.807) is 36.3 Å². The number of amides is 3. The van der Waals surface area contributed by atoms with E-state index in [4.69, 9.17) is 22.1 Å². The molecule has 0 saturated heterocycles. The minimum atomic E-state index is -0.608. The lowest BCUT2D eigenvalue weighted by molar-refractivity contribution is 0.0997. The monoisotopic (exact) mass is 424 g/mol. The molecule has 154 valence electrons. The van der Waals surface area contributed by atoms with Gasteiger partial charge in [0, 0.05) is 18.8 Å². The van der Waals surface area contributed by atoms with Gasteiger partial charge in [0.2, 0.25) is 0 Å². The minimum absolute atomic E-state index is 0.229. The summed E-state index contributed by atoms with van der Waals surface area (Å²) >= 11 is 6.58. The van der Waals surface area contributed by atoms with E-state index in [2.05, 4.69) is 5.32 Å². The van der Waals surface area contributed by atoms with Gasteiger partial charge in [-0.3, -0.25) is 4.79 Å². The van der Waals surface area contributed by atoms with E-state index in [0.717, 1.165) is 11.3 Å². The zero-order valence-corrected chi connectivity index (χ0v) is 17.1. The fourth-order valence-corrected chi connectivity index (χ4v) is 4.12. The lowest BCUT2D eigenvalue weighted by Crippen LogP contribution is -2.41. The molecule has 3 aromatic rings. The number of hydrogen-bond donors (Lipinski definition) is 2. The van der Waals surface area contributed by atoms with Crippen molar-refractivity contribution >= 4 is 29.2 Å². The molecule has 0 unspecified atom stereocenters. The molecule has 4 rings (SSSR count). The number of nitrogens with one attached hydrogen (secondary N) is 1. The van der Waals surface area contributed by atoms with Crippen LogP contribution in [-0.2, 0) is 13.1 Å². The SMILES string of the molecule is COc1ccc(NC(=O)N2CCn3c(c(C(N)=O)c(Cl)c3-c3ccccc3)C2)cc1. The predicted molar refractivity (Wildman–Crippen MR) is 116 cm³/mol. The summed E-state index contributed by atoms with van der Waals surface area (Å²) in [5.74, 6) is 0.0984. The molecule has 0 radical (unpaired) electrons. The molecule has 1 aromatic heterocycles. The largest absolute Gasteiger partial charge is 0.497 e. The molecule has 2 heterocycles. The number of halogens is 1. The highest BCUT2D eigenvalue weighted by atomic mass is 35.5. The number of fused-ring (bicyclic) bond motifs is 1. The lowest BCUT2D eigenvalue weighted by Gasteiger charge is -2.30. The van der Waals surface area contributed by atoms with Gasteiger partial charge >= 0.3 is 6.03 Å². The van der Waals surface area contributed by atoms with Crippen LogP contribution in [0.4, 0.5) is 10.5 Å². The first kappa shape index (κ1) is 19.8. The highest BCUT2D eigenvalue weighted by Crippen LogP contribution is 2.37. The average Bonchev–Trinajstić information content (AvgIpc) is 3.06. The molecule has 30 heavy (non-hydrogen) atoms. The molecule has 3 N–H and O–H groups in total. The molecule has 0 saturated carbocycles. The summed E-state index contributed by atoms with van der Waals surface area (Å²) in [4.78, 5) is 26.6. The maximum atomic E-state index is 12.8. The molecule has 1 aliphatic heterocycles. The summed E-state index contributed by atoms with van der Waals surface area (Å²) in [6, 6.07) is 16.4. The van der Waals surface area contributed by atoms with Crippen molar-refractivity contribution in [2.24, 2.45) is 5.73 Å². The average molecular weight is 425 g/mol. The van der Waals surface area contributed by atoms with Crippen molar-refractivity contribution in [3.63, 3.8) is 0 Å². The van der Waals surface area contributed by atoms with Crippen LogP contribution in [0.5, 0.6) is 5.75 Å². The number of urea groups is 1. The van der Waals surface area contributed by atoms with Crippen molar-refractivity contribution in [2.75, 3.05) is 19.0 Å². The van der Waals surface area contributed by atoms with Crippen LogP contribution in [0.15, 0.2) is 54.6 Å². The lowest BCUT2D eigenvalue weighted by atomic mass is 10.1. The van der Waals surface area contributed by atoms with E-state index >= 15 is 0 Å². The quantitative estimate of drug-likeness (QED) is 0.664. The molecule has 8 heteroatoms. The molecule has 7 nitrogen and oxygen atoms in total. The maximum absolute atomic E-state index is 12.8. The number of nitrogens with two attached hydrogens (primary N) is 1. The van der Waals surface area contributed by atoms with E-state index in [1.807, 2.05) is 34.9 Å². The zero-order chi connectivity index (χ0) is 21.3. The zero-order valence-electron chi connectivity index (χ0n) is 16.4. The highest BCUT2D eigenvalue weighted by molar-refractivity contribution is 6.36. The minimum Gasteiger partial charge on any atom is -0.497 e. The first-order valence-electron chi connectivity index (χ1n) is 9.45. The van der Waals surface area contributed by atoms with E-state index < -0.39 is 5.91 Å². The van der Waals surface area contributed by atoms with Gasteiger partial charge in [-0.25, -0.2) is 4.79 Å². The summed E-state index contributed by atoms with van der Waals surface area (Å²) in [5.41, 5.74) is 8.83. The number of anilines is 1. The predicted octanol–water partition coefficient (Wildman–Crippen LogP) is 3.96. The van der Waals surface area contributed by atoms with Crippen LogP contribution in [0.1, 0.15) is 16.1 Å². The van der Waals surface area contributed by atoms with Gasteiger partial charge in [0.15, 0.2) is 0 Å². The number of hydrogen-bond acceptors (Lipinski definition) is 3. The van der Waals surface area contributed by atoms with Crippen LogP contribution in [0.3, 0.4) is 0 Å². The standard InChI is InChI=1S/C22H21ClN4O3/c1-30-16-9-7-15(8-10-16)25-22(29)26-11-12-27-17(13-26)18(21(24)28)19(23)20(27)14-5-3-2-4-6-14/h2-10H,11-13H2,1H3,(H2,24,28)(H,25,29). The number of primary amides is 1. The molecule has 0 spiro atoms. The number of nitrogens with zero attached hydrogens (tertiary/aromatic N) is 2. The van der Waals surface area contributed by atoms with Gasteiger partial charge in [0.05, 0.1) is 35.6 Å². The molecule has 0 atom stereocenters. The number of ether oxygens (including phenoxy) is 1. The summed E-state index contributed by atoms with van der Waals surface area (Å²) in [6.45, 7) is 1.20. The number of aromatic nitrogens is 1. The Morgan fingerprint density at radius 2 is 1.77 bits per heavy atom. The molecule has 0 fully saturated rings. The number of rotatable bonds is 4. The fourth-order valence-electron chi connectivity index (χ4n) is 3.70.